The van der Waals surface area contributed by atoms with Gasteiger partial charge in [0.15, 0.2) is 0 Å². The highest BCUT2D eigenvalue weighted by Gasteiger charge is 2.29. The molecule has 2 saturated heterocycles. The first-order chi connectivity index (χ1) is 9.74. The molecule has 4 nitrogen and oxygen atoms in total. The molecule has 0 saturated carbocycles. The van der Waals surface area contributed by atoms with Crippen molar-refractivity contribution in [3.05, 3.63) is 29.3 Å². The normalized spacial score (nSPS) is 23.1. The molecule has 1 atom stereocenters. The maximum atomic E-state index is 12.3. The first-order valence-corrected chi connectivity index (χ1v) is 7.64. The van der Waals surface area contributed by atoms with Gasteiger partial charge < -0.3 is 15.1 Å². The number of nitrogens with one attached hydrogen (secondary N) is 1. The molecule has 1 aromatic rings. The molecule has 0 radical (unpaired) electrons. The standard InChI is InChI=1S/C15H20ClN3O/c16-12-3-5-13(6-4-12)18-8-10-19(11-9-18)15(20)14-2-1-7-17-14/h3-6,14,17H,1-2,7-11H2. The molecule has 2 heterocycles. The van der Waals surface area contributed by atoms with Crippen molar-refractivity contribution in [2.24, 2.45) is 0 Å². The number of rotatable bonds is 2. The van der Waals surface area contributed by atoms with E-state index in [2.05, 4.69) is 10.2 Å². The number of carbonyl (C=O) groups excluding carboxylic acids is 1. The molecule has 2 aliphatic rings. The van der Waals surface area contributed by atoms with Crippen LogP contribution in [-0.2, 0) is 4.79 Å². The number of carbonyl (C=O) groups is 1. The molecule has 20 heavy (non-hydrogen) atoms. The predicted octanol–water partition coefficient (Wildman–Crippen LogP) is 1.74. The van der Waals surface area contributed by atoms with Gasteiger partial charge in [0.05, 0.1) is 6.04 Å². The van der Waals surface area contributed by atoms with Crippen molar-refractivity contribution in [3.8, 4) is 0 Å². The van der Waals surface area contributed by atoms with Gasteiger partial charge in [0.2, 0.25) is 5.91 Å². The minimum atomic E-state index is 0.0529. The van der Waals surface area contributed by atoms with Crippen LogP contribution in [0.1, 0.15) is 12.8 Å². The molecule has 3 rings (SSSR count). The topological polar surface area (TPSA) is 35.6 Å². The van der Waals surface area contributed by atoms with E-state index in [0.29, 0.717) is 0 Å². The third-order valence-corrected chi connectivity index (χ3v) is 4.39. The number of halogens is 1. The van der Waals surface area contributed by atoms with Crippen LogP contribution in [0.25, 0.3) is 0 Å². The Hall–Kier alpha value is -1.26. The van der Waals surface area contributed by atoms with E-state index in [0.717, 1.165) is 50.6 Å². The van der Waals surface area contributed by atoms with Gasteiger partial charge in [-0.25, -0.2) is 0 Å². The van der Waals surface area contributed by atoms with Gasteiger partial charge in [-0.1, -0.05) is 11.6 Å². The maximum Gasteiger partial charge on any atom is 0.239 e. The van der Waals surface area contributed by atoms with Crippen molar-refractivity contribution < 1.29 is 4.79 Å². The van der Waals surface area contributed by atoms with Crippen molar-refractivity contribution in [2.45, 2.75) is 18.9 Å². The summed E-state index contributed by atoms with van der Waals surface area (Å²) in [6, 6.07) is 7.96. The van der Waals surface area contributed by atoms with E-state index in [1.807, 2.05) is 29.2 Å². The second kappa shape index (κ2) is 6.02. The highest BCUT2D eigenvalue weighted by atomic mass is 35.5. The number of piperazine rings is 1. The molecule has 2 fully saturated rings. The van der Waals surface area contributed by atoms with E-state index in [1.54, 1.807) is 0 Å². The van der Waals surface area contributed by atoms with Crippen LogP contribution in [0, 0.1) is 0 Å². The molecule has 0 spiro atoms. The van der Waals surface area contributed by atoms with Crippen LogP contribution in [0.3, 0.4) is 0 Å². The third kappa shape index (κ3) is 2.91. The van der Waals surface area contributed by atoms with E-state index in [1.165, 1.54) is 5.69 Å². The Kier molecular flexibility index (Phi) is 4.13. The van der Waals surface area contributed by atoms with Gasteiger partial charge in [-0.05, 0) is 43.7 Å². The smallest absolute Gasteiger partial charge is 0.239 e. The second-order valence-electron chi connectivity index (χ2n) is 5.44. The third-order valence-electron chi connectivity index (χ3n) is 4.14. The lowest BCUT2D eigenvalue weighted by Crippen LogP contribution is -2.53. The monoisotopic (exact) mass is 293 g/mol. The predicted molar refractivity (Wildman–Crippen MR) is 81.3 cm³/mol. The van der Waals surface area contributed by atoms with Gasteiger partial charge >= 0.3 is 0 Å². The number of hydrogen-bond donors (Lipinski definition) is 1. The molecule has 5 heteroatoms. The fraction of sp³-hybridized carbons (Fsp3) is 0.533. The quantitative estimate of drug-likeness (QED) is 0.902. The molecule has 2 aliphatic heterocycles. The number of amides is 1. The van der Waals surface area contributed by atoms with E-state index < -0.39 is 0 Å². The summed E-state index contributed by atoms with van der Waals surface area (Å²) in [6.45, 7) is 4.36. The summed E-state index contributed by atoms with van der Waals surface area (Å²) in [6.07, 6.45) is 2.09. The Morgan fingerprint density at radius 3 is 2.45 bits per heavy atom. The highest BCUT2D eigenvalue weighted by molar-refractivity contribution is 6.30. The van der Waals surface area contributed by atoms with Crippen LogP contribution in [0.4, 0.5) is 5.69 Å². The van der Waals surface area contributed by atoms with Gasteiger partial charge in [0.25, 0.3) is 0 Å². The molecule has 0 aliphatic carbocycles. The van der Waals surface area contributed by atoms with Crippen molar-refractivity contribution in [3.63, 3.8) is 0 Å². The summed E-state index contributed by atoms with van der Waals surface area (Å²) >= 11 is 5.91. The van der Waals surface area contributed by atoms with Crippen molar-refractivity contribution in [2.75, 3.05) is 37.6 Å². The van der Waals surface area contributed by atoms with Crippen molar-refractivity contribution >= 4 is 23.2 Å². The van der Waals surface area contributed by atoms with Crippen LogP contribution >= 0.6 is 11.6 Å². The van der Waals surface area contributed by atoms with Crippen molar-refractivity contribution in [1.82, 2.24) is 10.2 Å². The van der Waals surface area contributed by atoms with Crippen LogP contribution < -0.4 is 10.2 Å². The Labute approximate surface area is 124 Å². The van der Waals surface area contributed by atoms with E-state index in [4.69, 9.17) is 11.6 Å². The first-order valence-electron chi connectivity index (χ1n) is 7.27. The van der Waals surface area contributed by atoms with E-state index >= 15 is 0 Å². The minimum absolute atomic E-state index is 0.0529. The lowest BCUT2D eigenvalue weighted by atomic mass is 10.1. The van der Waals surface area contributed by atoms with Gasteiger partial charge in [0, 0.05) is 36.9 Å². The molecular weight excluding hydrogens is 274 g/mol. The van der Waals surface area contributed by atoms with Gasteiger partial charge in [-0.3, -0.25) is 4.79 Å². The molecular formula is C15H20ClN3O. The zero-order valence-corrected chi connectivity index (χ0v) is 12.3. The van der Waals surface area contributed by atoms with Crippen molar-refractivity contribution in [1.29, 1.82) is 0 Å². The van der Waals surface area contributed by atoms with Crippen LogP contribution in [0.5, 0.6) is 0 Å². The summed E-state index contributed by atoms with van der Waals surface area (Å²) in [5.41, 5.74) is 1.18. The lowest BCUT2D eigenvalue weighted by Gasteiger charge is -2.37. The molecule has 1 unspecified atom stereocenters. The van der Waals surface area contributed by atoms with Gasteiger partial charge in [-0.15, -0.1) is 0 Å². The summed E-state index contributed by atoms with van der Waals surface area (Å²) < 4.78 is 0. The fourth-order valence-electron chi connectivity index (χ4n) is 2.95. The largest absolute Gasteiger partial charge is 0.368 e. The molecule has 0 aromatic heterocycles. The average molecular weight is 294 g/mol. The highest BCUT2D eigenvalue weighted by Crippen LogP contribution is 2.20. The zero-order chi connectivity index (χ0) is 13.9. The fourth-order valence-corrected chi connectivity index (χ4v) is 3.08. The Bertz CT molecular complexity index is 463. The second-order valence-corrected chi connectivity index (χ2v) is 5.87. The number of anilines is 1. The van der Waals surface area contributed by atoms with Gasteiger partial charge in [0.1, 0.15) is 0 Å². The van der Waals surface area contributed by atoms with E-state index in [-0.39, 0.29) is 11.9 Å². The van der Waals surface area contributed by atoms with Crippen LogP contribution in [-0.4, -0.2) is 49.6 Å². The van der Waals surface area contributed by atoms with Gasteiger partial charge in [-0.2, -0.15) is 0 Å². The number of nitrogens with zero attached hydrogens (tertiary/aromatic N) is 2. The summed E-state index contributed by atoms with van der Waals surface area (Å²) in [7, 11) is 0. The van der Waals surface area contributed by atoms with E-state index in [9.17, 15) is 4.79 Å². The summed E-state index contributed by atoms with van der Waals surface area (Å²) in [5, 5.41) is 4.04. The maximum absolute atomic E-state index is 12.3. The molecule has 0 bridgehead atoms. The SMILES string of the molecule is O=C(C1CCCN1)N1CCN(c2ccc(Cl)cc2)CC1. The summed E-state index contributed by atoms with van der Waals surface area (Å²) in [4.78, 5) is 16.6. The Balaban J connectivity index is 1.56. The van der Waals surface area contributed by atoms with Crippen LogP contribution in [0.2, 0.25) is 5.02 Å². The molecule has 1 N–H and O–H groups in total. The molecule has 108 valence electrons. The zero-order valence-electron chi connectivity index (χ0n) is 11.5. The minimum Gasteiger partial charge on any atom is -0.368 e. The molecule has 1 aromatic carbocycles. The number of benzene rings is 1. The average Bonchev–Trinajstić information content (AvgIpc) is 3.02. The Morgan fingerprint density at radius 2 is 1.85 bits per heavy atom. The summed E-state index contributed by atoms with van der Waals surface area (Å²) in [5.74, 6) is 0.276. The molecule has 1 amide bonds. The first kappa shape index (κ1) is 13.7. The lowest BCUT2D eigenvalue weighted by molar-refractivity contribution is -0.133. The number of hydrogen-bond acceptors (Lipinski definition) is 3. The van der Waals surface area contributed by atoms with Crippen LogP contribution in [0.15, 0.2) is 24.3 Å². The Morgan fingerprint density at radius 1 is 1.15 bits per heavy atom.